The van der Waals surface area contributed by atoms with Gasteiger partial charge < -0.3 is 9.14 Å². The SMILES string of the molecule is CCc1cn2ccnc(OC)c2n1. The number of rotatable bonds is 2. The molecular weight excluding hydrogens is 166 g/mol. The predicted molar refractivity (Wildman–Crippen MR) is 48.9 cm³/mol. The molecule has 2 rings (SSSR count). The van der Waals surface area contributed by atoms with Crippen LogP contribution in [0, 0.1) is 0 Å². The van der Waals surface area contributed by atoms with Gasteiger partial charge in [0.1, 0.15) is 0 Å². The van der Waals surface area contributed by atoms with E-state index in [0.29, 0.717) is 5.88 Å². The first-order valence-electron chi connectivity index (χ1n) is 4.21. The van der Waals surface area contributed by atoms with E-state index in [9.17, 15) is 0 Å². The number of methoxy groups -OCH3 is 1. The normalized spacial score (nSPS) is 10.6. The summed E-state index contributed by atoms with van der Waals surface area (Å²) < 4.78 is 7.01. The fourth-order valence-electron chi connectivity index (χ4n) is 1.26. The van der Waals surface area contributed by atoms with Crippen LogP contribution in [0.4, 0.5) is 0 Å². The maximum absolute atomic E-state index is 5.09. The molecule has 0 aliphatic carbocycles. The van der Waals surface area contributed by atoms with Gasteiger partial charge in [-0.15, -0.1) is 0 Å². The van der Waals surface area contributed by atoms with Crippen LogP contribution in [-0.4, -0.2) is 21.5 Å². The highest BCUT2D eigenvalue weighted by Crippen LogP contribution is 2.14. The van der Waals surface area contributed by atoms with Crippen LogP contribution in [0.1, 0.15) is 12.6 Å². The van der Waals surface area contributed by atoms with Crippen LogP contribution < -0.4 is 4.74 Å². The number of fused-ring (bicyclic) bond motifs is 1. The van der Waals surface area contributed by atoms with E-state index in [1.807, 2.05) is 16.8 Å². The molecule has 2 aromatic rings. The molecule has 0 spiro atoms. The Morgan fingerprint density at radius 1 is 1.54 bits per heavy atom. The van der Waals surface area contributed by atoms with Gasteiger partial charge in [-0.2, -0.15) is 0 Å². The zero-order valence-corrected chi connectivity index (χ0v) is 7.69. The van der Waals surface area contributed by atoms with E-state index in [0.717, 1.165) is 17.8 Å². The summed E-state index contributed by atoms with van der Waals surface area (Å²) in [7, 11) is 1.60. The summed E-state index contributed by atoms with van der Waals surface area (Å²) in [5, 5.41) is 0. The minimum absolute atomic E-state index is 0.571. The highest BCUT2D eigenvalue weighted by atomic mass is 16.5. The lowest BCUT2D eigenvalue weighted by atomic mass is 10.4. The molecule has 0 N–H and O–H groups in total. The lowest BCUT2D eigenvalue weighted by Gasteiger charge is -1.98. The number of imidazole rings is 1. The van der Waals surface area contributed by atoms with Crippen LogP contribution in [0.25, 0.3) is 5.65 Å². The highest BCUT2D eigenvalue weighted by molar-refractivity contribution is 5.49. The molecule has 0 saturated carbocycles. The maximum Gasteiger partial charge on any atom is 0.258 e. The van der Waals surface area contributed by atoms with Crippen LogP contribution in [0.3, 0.4) is 0 Å². The fourth-order valence-corrected chi connectivity index (χ4v) is 1.26. The van der Waals surface area contributed by atoms with Gasteiger partial charge in [0.05, 0.1) is 12.8 Å². The zero-order chi connectivity index (χ0) is 9.26. The maximum atomic E-state index is 5.09. The molecular formula is C9H11N3O. The van der Waals surface area contributed by atoms with E-state index in [1.54, 1.807) is 13.3 Å². The molecule has 0 atom stereocenters. The van der Waals surface area contributed by atoms with Crippen molar-refractivity contribution >= 4 is 5.65 Å². The summed E-state index contributed by atoms with van der Waals surface area (Å²) in [5.74, 6) is 0.571. The van der Waals surface area contributed by atoms with Gasteiger partial charge in [0.2, 0.25) is 5.65 Å². The van der Waals surface area contributed by atoms with Crippen LogP contribution in [0.15, 0.2) is 18.6 Å². The van der Waals surface area contributed by atoms with Crippen LogP contribution in [-0.2, 0) is 6.42 Å². The molecule has 0 amide bonds. The third kappa shape index (κ3) is 1.24. The molecule has 68 valence electrons. The van der Waals surface area contributed by atoms with Crippen molar-refractivity contribution in [1.82, 2.24) is 14.4 Å². The van der Waals surface area contributed by atoms with Gasteiger partial charge in [0.15, 0.2) is 0 Å². The molecule has 4 nitrogen and oxygen atoms in total. The van der Waals surface area contributed by atoms with Crippen LogP contribution in [0.5, 0.6) is 5.88 Å². The van der Waals surface area contributed by atoms with E-state index in [2.05, 4.69) is 16.9 Å². The van der Waals surface area contributed by atoms with E-state index in [1.165, 1.54) is 0 Å². The second-order valence-electron chi connectivity index (χ2n) is 2.75. The van der Waals surface area contributed by atoms with Gasteiger partial charge in [0.25, 0.3) is 5.88 Å². The number of aromatic nitrogens is 3. The minimum Gasteiger partial charge on any atom is -0.478 e. The third-order valence-electron chi connectivity index (χ3n) is 1.95. The number of ether oxygens (including phenoxy) is 1. The van der Waals surface area contributed by atoms with E-state index < -0.39 is 0 Å². The van der Waals surface area contributed by atoms with E-state index >= 15 is 0 Å². The van der Waals surface area contributed by atoms with Crippen molar-refractivity contribution in [3.8, 4) is 5.88 Å². The first kappa shape index (κ1) is 8.04. The summed E-state index contributed by atoms with van der Waals surface area (Å²) in [6.45, 7) is 2.07. The van der Waals surface area contributed by atoms with Gasteiger partial charge >= 0.3 is 0 Å². The van der Waals surface area contributed by atoms with E-state index in [-0.39, 0.29) is 0 Å². The summed E-state index contributed by atoms with van der Waals surface area (Å²) in [5.41, 5.74) is 1.83. The van der Waals surface area contributed by atoms with Crippen molar-refractivity contribution < 1.29 is 4.74 Å². The van der Waals surface area contributed by atoms with Gasteiger partial charge in [-0.3, -0.25) is 0 Å². The number of aryl methyl sites for hydroxylation is 1. The molecule has 0 aliphatic rings. The average molecular weight is 177 g/mol. The Bertz CT molecular complexity index is 422. The van der Waals surface area contributed by atoms with Gasteiger partial charge in [-0.05, 0) is 6.42 Å². The first-order chi connectivity index (χ1) is 6.35. The van der Waals surface area contributed by atoms with E-state index in [4.69, 9.17) is 4.74 Å². The Balaban J connectivity index is 2.67. The third-order valence-corrected chi connectivity index (χ3v) is 1.95. The topological polar surface area (TPSA) is 39.4 Å². The zero-order valence-electron chi connectivity index (χ0n) is 7.69. The Kier molecular flexibility index (Phi) is 1.88. The highest BCUT2D eigenvalue weighted by Gasteiger charge is 2.05. The summed E-state index contributed by atoms with van der Waals surface area (Å²) >= 11 is 0. The smallest absolute Gasteiger partial charge is 0.258 e. The molecule has 0 aliphatic heterocycles. The summed E-state index contributed by atoms with van der Waals surface area (Å²) in [6.07, 6.45) is 6.47. The second-order valence-corrected chi connectivity index (χ2v) is 2.75. The Labute approximate surface area is 76.2 Å². The van der Waals surface area contributed by atoms with Crippen LogP contribution in [0.2, 0.25) is 0 Å². The van der Waals surface area contributed by atoms with Crippen molar-refractivity contribution in [1.29, 1.82) is 0 Å². The second kappa shape index (κ2) is 3.05. The van der Waals surface area contributed by atoms with Crippen molar-refractivity contribution in [3.05, 3.63) is 24.3 Å². The molecule has 4 heteroatoms. The fraction of sp³-hybridized carbons (Fsp3) is 0.333. The van der Waals surface area contributed by atoms with Crippen molar-refractivity contribution in [2.45, 2.75) is 13.3 Å². The predicted octanol–water partition coefficient (Wildman–Crippen LogP) is 1.30. The Morgan fingerprint density at radius 2 is 2.38 bits per heavy atom. The minimum atomic E-state index is 0.571. The molecule has 2 aromatic heterocycles. The molecule has 0 radical (unpaired) electrons. The Hall–Kier alpha value is -1.58. The average Bonchev–Trinajstić information content (AvgIpc) is 2.59. The molecule has 2 heterocycles. The summed E-state index contributed by atoms with van der Waals surface area (Å²) in [6, 6.07) is 0. The molecule has 0 unspecified atom stereocenters. The molecule has 0 bridgehead atoms. The quantitative estimate of drug-likeness (QED) is 0.694. The number of nitrogens with zero attached hydrogens (tertiary/aromatic N) is 3. The largest absolute Gasteiger partial charge is 0.478 e. The first-order valence-corrected chi connectivity index (χ1v) is 4.21. The van der Waals surface area contributed by atoms with Crippen LogP contribution >= 0.6 is 0 Å². The van der Waals surface area contributed by atoms with Crippen molar-refractivity contribution in [3.63, 3.8) is 0 Å². The monoisotopic (exact) mass is 177 g/mol. The lowest BCUT2D eigenvalue weighted by Crippen LogP contribution is -1.92. The van der Waals surface area contributed by atoms with Crippen molar-refractivity contribution in [2.75, 3.05) is 7.11 Å². The standard InChI is InChI=1S/C9H11N3O/c1-3-7-6-12-5-4-10-9(13-2)8(12)11-7/h4-6H,3H2,1-2H3. The molecule has 0 saturated heterocycles. The molecule has 0 fully saturated rings. The molecule has 13 heavy (non-hydrogen) atoms. The van der Waals surface area contributed by atoms with Gasteiger partial charge in [0, 0.05) is 18.6 Å². The lowest BCUT2D eigenvalue weighted by molar-refractivity contribution is 0.400. The number of hydrogen-bond donors (Lipinski definition) is 0. The Morgan fingerprint density at radius 3 is 3.08 bits per heavy atom. The van der Waals surface area contributed by atoms with Gasteiger partial charge in [-0.1, -0.05) is 6.92 Å². The van der Waals surface area contributed by atoms with Crippen molar-refractivity contribution in [2.24, 2.45) is 0 Å². The number of hydrogen-bond acceptors (Lipinski definition) is 3. The molecule has 0 aromatic carbocycles. The summed E-state index contributed by atoms with van der Waals surface area (Å²) in [4.78, 5) is 8.44. The van der Waals surface area contributed by atoms with Gasteiger partial charge in [-0.25, -0.2) is 9.97 Å².